The highest BCUT2D eigenvalue weighted by Crippen LogP contribution is 2.32. The summed E-state index contributed by atoms with van der Waals surface area (Å²) in [6.07, 6.45) is -1.03. The van der Waals surface area contributed by atoms with Gasteiger partial charge in [-0.2, -0.15) is 0 Å². The summed E-state index contributed by atoms with van der Waals surface area (Å²) in [7, 11) is 0. The second-order valence-electron chi connectivity index (χ2n) is 8.60. The Kier molecular flexibility index (Phi) is 6.07. The van der Waals surface area contributed by atoms with Crippen molar-refractivity contribution in [3.05, 3.63) is 89.7 Å². The molecule has 0 spiro atoms. The number of anilines is 3. The van der Waals surface area contributed by atoms with E-state index < -0.39 is 6.17 Å². The molecule has 1 aromatic heterocycles. The summed E-state index contributed by atoms with van der Waals surface area (Å²) in [5, 5.41) is 14.1. The zero-order chi connectivity index (χ0) is 25.2. The van der Waals surface area contributed by atoms with Crippen LogP contribution in [0.25, 0.3) is 11.5 Å². The van der Waals surface area contributed by atoms with E-state index in [9.17, 15) is 9.18 Å². The van der Waals surface area contributed by atoms with E-state index >= 15 is 0 Å². The van der Waals surface area contributed by atoms with Gasteiger partial charge >= 0.3 is 6.01 Å². The van der Waals surface area contributed by atoms with Crippen LogP contribution in [0.1, 0.15) is 11.1 Å². The second-order valence-corrected chi connectivity index (χ2v) is 8.60. The van der Waals surface area contributed by atoms with Crippen LogP contribution in [0, 0.1) is 5.82 Å². The Morgan fingerprint density at radius 3 is 2.57 bits per heavy atom. The van der Waals surface area contributed by atoms with Crippen LogP contribution in [0.4, 0.5) is 21.8 Å². The molecule has 0 radical (unpaired) electrons. The van der Waals surface area contributed by atoms with Crippen LogP contribution in [-0.2, 0) is 9.53 Å². The number of carbonyl (C=O) groups excluding carboxylic acids is 1. The SMILES string of the molecule is O=C1Nc2ccccc2C(c2ccccc2)=N[C@@H]1Nc1nnc(-c2ccc(F)cc2N2CCOCC2)o1. The smallest absolute Gasteiger partial charge is 0.317 e. The summed E-state index contributed by atoms with van der Waals surface area (Å²) >= 11 is 0. The normalized spacial score (nSPS) is 17.4. The average Bonchev–Trinajstić information content (AvgIpc) is 3.35. The Morgan fingerprint density at radius 1 is 0.946 bits per heavy atom. The van der Waals surface area contributed by atoms with Gasteiger partial charge in [0.05, 0.1) is 35.9 Å². The number of para-hydroxylation sites is 1. The van der Waals surface area contributed by atoms with Crippen LogP contribution in [0.2, 0.25) is 0 Å². The van der Waals surface area contributed by atoms with Crippen LogP contribution < -0.4 is 15.5 Å². The lowest BCUT2D eigenvalue weighted by Gasteiger charge is -2.30. The zero-order valence-electron chi connectivity index (χ0n) is 19.7. The maximum atomic E-state index is 14.1. The molecule has 2 aliphatic rings. The number of hydrogen-bond donors (Lipinski definition) is 2. The Balaban J connectivity index is 1.32. The molecule has 9 nitrogen and oxygen atoms in total. The van der Waals surface area contributed by atoms with Gasteiger partial charge in [0.2, 0.25) is 6.17 Å². The number of benzene rings is 3. The highest BCUT2D eigenvalue weighted by molar-refractivity contribution is 6.19. The molecule has 2 aliphatic heterocycles. The molecule has 6 rings (SSSR count). The number of hydrogen-bond acceptors (Lipinski definition) is 8. The standard InChI is InChI=1S/C27H23FN6O3/c28-18-10-11-20(22(16-18)34-12-14-36-15-13-34)26-32-33-27(37-26)31-24-25(35)29-21-9-5-4-8-19(21)23(30-24)17-6-2-1-3-7-17/h1-11,16,24H,12-15H2,(H,29,35)(H,31,33)/t24-/m1/s1. The first kappa shape index (κ1) is 22.9. The zero-order valence-corrected chi connectivity index (χ0v) is 19.7. The van der Waals surface area contributed by atoms with Crippen LogP contribution >= 0.6 is 0 Å². The van der Waals surface area contributed by atoms with Gasteiger partial charge in [-0.05, 0) is 24.3 Å². The lowest BCUT2D eigenvalue weighted by molar-refractivity contribution is -0.116. The molecule has 3 heterocycles. The molecule has 4 aromatic rings. The van der Waals surface area contributed by atoms with Crippen LogP contribution in [-0.4, -0.2) is 54.3 Å². The molecule has 2 N–H and O–H groups in total. The third-order valence-corrected chi connectivity index (χ3v) is 6.22. The number of rotatable bonds is 5. The number of ether oxygens (including phenoxy) is 1. The summed E-state index contributed by atoms with van der Waals surface area (Å²) in [6.45, 7) is 2.34. The maximum Gasteiger partial charge on any atom is 0.317 e. The molecule has 37 heavy (non-hydrogen) atoms. The van der Waals surface area contributed by atoms with Crippen molar-refractivity contribution in [3.63, 3.8) is 0 Å². The lowest BCUT2D eigenvalue weighted by atomic mass is 10.0. The van der Waals surface area contributed by atoms with Crippen molar-refractivity contribution in [1.29, 1.82) is 0 Å². The lowest BCUT2D eigenvalue weighted by Crippen LogP contribution is -2.36. The molecule has 0 aliphatic carbocycles. The summed E-state index contributed by atoms with van der Waals surface area (Å²) in [5.41, 5.74) is 4.22. The first-order valence-corrected chi connectivity index (χ1v) is 11.9. The Labute approximate surface area is 212 Å². The minimum absolute atomic E-state index is 0.0227. The van der Waals surface area contributed by atoms with Crippen molar-refractivity contribution < 1.29 is 18.3 Å². The second kappa shape index (κ2) is 9.82. The summed E-state index contributed by atoms with van der Waals surface area (Å²) in [6, 6.07) is 21.6. The molecule has 1 atom stereocenters. The first-order valence-electron chi connectivity index (χ1n) is 11.9. The van der Waals surface area contributed by atoms with Crippen molar-refractivity contribution in [3.8, 4) is 11.5 Å². The van der Waals surface area contributed by atoms with Gasteiger partial charge in [-0.3, -0.25) is 4.79 Å². The Hall–Kier alpha value is -4.57. The predicted octanol–water partition coefficient (Wildman–Crippen LogP) is 3.94. The molecule has 1 fully saturated rings. The van der Waals surface area contributed by atoms with Gasteiger partial charge in [0.1, 0.15) is 5.82 Å². The van der Waals surface area contributed by atoms with Crippen molar-refractivity contribution in [2.75, 3.05) is 41.8 Å². The molecular formula is C27H23FN6O3. The van der Waals surface area contributed by atoms with E-state index in [4.69, 9.17) is 14.1 Å². The third-order valence-electron chi connectivity index (χ3n) is 6.22. The van der Waals surface area contributed by atoms with Crippen LogP contribution in [0.15, 0.2) is 82.2 Å². The van der Waals surface area contributed by atoms with Gasteiger partial charge in [0.15, 0.2) is 0 Å². The first-order chi connectivity index (χ1) is 18.2. The number of halogens is 1. The van der Waals surface area contributed by atoms with Gasteiger partial charge in [0.25, 0.3) is 11.8 Å². The molecular weight excluding hydrogens is 475 g/mol. The number of amides is 1. The summed E-state index contributed by atoms with van der Waals surface area (Å²) < 4.78 is 25.4. The predicted molar refractivity (Wildman–Crippen MR) is 137 cm³/mol. The largest absolute Gasteiger partial charge is 0.403 e. The van der Waals surface area contributed by atoms with Gasteiger partial charge in [-0.25, -0.2) is 9.38 Å². The fourth-order valence-electron chi connectivity index (χ4n) is 4.44. The van der Waals surface area contributed by atoms with E-state index in [1.807, 2.05) is 59.5 Å². The number of aromatic nitrogens is 2. The van der Waals surface area contributed by atoms with E-state index in [2.05, 4.69) is 20.8 Å². The highest BCUT2D eigenvalue weighted by Gasteiger charge is 2.28. The number of benzodiazepines with no additional fused rings is 1. The molecule has 1 saturated heterocycles. The van der Waals surface area contributed by atoms with Gasteiger partial charge in [0, 0.05) is 24.2 Å². The van der Waals surface area contributed by atoms with E-state index in [1.165, 1.54) is 12.1 Å². The number of nitrogens with zero attached hydrogens (tertiary/aromatic N) is 4. The number of morpholine rings is 1. The van der Waals surface area contributed by atoms with Crippen molar-refractivity contribution >= 4 is 29.0 Å². The molecule has 1 amide bonds. The van der Waals surface area contributed by atoms with Gasteiger partial charge in [-0.15, -0.1) is 5.10 Å². The van der Waals surface area contributed by atoms with Gasteiger partial charge in [-0.1, -0.05) is 53.6 Å². The van der Waals surface area contributed by atoms with E-state index in [-0.39, 0.29) is 23.6 Å². The molecule has 0 unspecified atom stereocenters. The third kappa shape index (κ3) is 4.66. The highest BCUT2D eigenvalue weighted by atomic mass is 19.1. The Bertz CT molecular complexity index is 1470. The topological polar surface area (TPSA) is 105 Å². The van der Waals surface area contributed by atoms with Crippen LogP contribution in [0.5, 0.6) is 0 Å². The van der Waals surface area contributed by atoms with Crippen molar-refractivity contribution in [2.45, 2.75) is 6.17 Å². The number of nitrogens with one attached hydrogen (secondary N) is 2. The molecule has 0 saturated carbocycles. The fourth-order valence-corrected chi connectivity index (χ4v) is 4.44. The monoisotopic (exact) mass is 498 g/mol. The van der Waals surface area contributed by atoms with Crippen molar-refractivity contribution in [2.24, 2.45) is 4.99 Å². The quantitative estimate of drug-likeness (QED) is 0.429. The minimum atomic E-state index is -1.03. The average molecular weight is 499 g/mol. The van der Waals surface area contributed by atoms with E-state index in [1.54, 1.807) is 6.07 Å². The summed E-state index contributed by atoms with van der Waals surface area (Å²) in [4.78, 5) is 19.9. The van der Waals surface area contributed by atoms with Crippen molar-refractivity contribution in [1.82, 2.24) is 10.2 Å². The minimum Gasteiger partial charge on any atom is -0.403 e. The molecule has 3 aromatic carbocycles. The molecule has 10 heteroatoms. The van der Waals surface area contributed by atoms with E-state index in [0.717, 1.165) is 11.1 Å². The molecule has 0 bridgehead atoms. The fraction of sp³-hybridized carbons (Fsp3) is 0.185. The number of carbonyl (C=O) groups is 1. The Morgan fingerprint density at radius 2 is 1.73 bits per heavy atom. The molecule has 186 valence electrons. The maximum absolute atomic E-state index is 14.1. The van der Waals surface area contributed by atoms with Crippen LogP contribution in [0.3, 0.4) is 0 Å². The number of aliphatic imine (C=N–C) groups is 1. The van der Waals surface area contributed by atoms with E-state index in [0.29, 0.717) is 49.0 Å². The number of fused-ring (bicyclic) bond motifs is 1. The summed E-state index contributed by atoms with van der Waals surface area (Å²) in [5.74, 6) is -0.525. The van der Waals surface area contributed by atoms with Gasteiger partial charge < -0.3 is 24.7 Å².